The average molecular weight is 295 g/mol. The molecule has 3 N–H and O–H groups in total. The van der Waals surface area contributed by atoms with E-state index in [4.69, 9.17) is 5.84 Å². The van der Waals surface area contributed by atoms with Crippen LogP contribution >= 0.6 is 11.8 Å². The van der Waals surface area contributed by atoms with Gasteiger partial charge in [-0.3, -0.25) is 11.3 Å². The summed E-state index contributed by atoms with van der Waals surface area (Å²) in [5, 5.41) is 0. The molecule has 1 rings (SSSR count). The Hall–Kier alpha value is -0.510. The summed E-state index contributed by atoms with van der Waals surface area (Å²) in [6.07, 6.45) is 0.976. The van der Waals surface area contributed by atoms with E-state index in [0.717, 1.165) is 12.2 Å². The highest BCUT2D eigenvalue weighted by Crippen LogP contribution is 2.25. The molecule has 0 spiro atoms. The first kappa shape index (κ1) is 17.5. The fourth-order valence-electron chi connectivity index (χ4n) is 1.94. The van der Waals surface area contributed by atoms with Crippen LogP contribution in [0.2, 0.25) is 0 Å². The van der Waals surface area contributed by atoms with Crippen LogP contribution in [-0.4, -0.2) is 16.5 Å². The lowest BCUT2D eigenvalue weighted by molar-refractivity contribution is 0.571. The molecular weight excluding hydrogens is 264 g/mol. The molecular formula is C17H30N2S. The number of hydrogen-bond acceptors (Lipinski definition) is 3. The topological polar surface area (TPSA) is 38.0 Å². The number of hydrazine groups is 1. The molecule has 0 aliphatic rings. The normalized spacial score (nSPS) is 14.3. The van der Waals surface area contributed by atoms with Gasteiger partial charge in [-0.1, -0.05) is 65.8 Å². The molecule has 0 amide bonds. The Balaban J connectivity index is 2.62. The summed E-state index contributed by atoms with van der Waals surface area (Å²) in [6, 6.07) is 9.25. The molecule has 0 fully saturated rings. The van der Waals surface area contributed by atoms with Crippen LogP contribution in [0.5, 0.6) is 0 Å². The number of nitrogens with two attached hydrogens (primary N) is 1. The first-order valence-electron chi connectivity index (χ1n) is 7.31. The first-order valence-corrected chi connectivity index (χ1v) is 8.30. The fraction of sp³-hybridized carbons (Fsp3) is 0.647. The zero-order chi connectivity index (χ0) is 15.4. The van der Waals surface area contributed by atoms with Crippen molar-refractivity contribution >= 4 is 11.8 Å². The van der Waals surface area contributed by atoms with E-state index in [1.165, 1.54) is 11.1 Å². The Kier molecular flexibility index (Phi) is 6.11. The highest BCUT2D eigenvalue weighted by Gasteiger charge is 2.16. The van der Waals surface area contributed by atoms with Crippen molar-refractivity contribution < 1.29 is 0 Å². The van der Waals surface area contributed by atoms with Gasteiger partial charge < -0.3 is 0 Å². The standard InChI is InChI=1S/C17H30N2S/c1-16(2,3)14-9-7-13(8-10-14)11-15(19-18)12-20-17(4,5)6/h7-10,15,19H,11-12,18H2,1-6H3. The van der Waals surface area contributed by atoms with E-state index in [2.05, 4.69) is 71.2 Å². The summed E-state index contributed by atoms with van der Waals surface area (Å²) < 4.78 is 0.283. The largest absolute Gasteiger partial charge is 0.271 e. The smallest absolute Gasteiger partial charge is 0.0341 e. The van der Waals surface area contributed by atoms with Crippen molar-refractivity contribution in [2.75, 3.05) is 5.75 Å². The Morgan fingerprint density at radius 2 is 1.60 bits per heavy atom. The van der Waals surface area contributed by atoms with Crippen LogP contribution < -0.4 is 11.3 Å². The molecule has 3 heteroatoms. The van der Waals surface area contributed by atoms with Crippen LogP contribution in [0.4, 0.5) is 0 Å². The van der Waals surface area contributed by atoms with Gasteiger partial charge >= 0.3 is 0 Å². The Labute approximate surface area is 128 Å². The lowest BCUT2D eigenvalue weighted by atomic mass is 9.86. The van der Waals surface area contributed by atoms with Crippen LogP contribution in [-0.2, 0) is 11.8 Å². The third kappa shape index (κ3) is 6.29. The summed E-state index contributed by atoms with van der Waals surface area (Å²) in [6.45, 7) is 13.4. The zero-order valence-corrected chi connectivity index (χ0v) is 14.6. The van der Waals surface area contributed by atoms with Gasteiger partial charge in [-0.25, -0.2) is 0 Å². The minimum Gasteiger partial charge on any atom is -0.271 e. The molecule has 0 bridgehead atoms. The molecule has 114 valence electrons. The van der Waals surface area contributed by atoms with Crippen molar-refractivity contribution in [3.05, 3.63) is 35.4 Å². The first-order chi connectivity index (χ1) is 9.12. The van der Waals surface area contributed by atoms with Gasteiger partial charge in [0.15, 0.2) is 0 Å². The third-order valence-corrected chi connectivity index (χ3v) is 4.69. The lowest BCUT2D eigenvalue weighted by Crippen LogP contribution is -2.39. The minimum atomic E-state index is 0.214. The maximum absolute atomic E-state index is 5.69. The van der Waals surface area contributed by atoms with Gasteiger partial charge in [0.2, 0.25) is 0 Å². The van der Waals surface area contributed by atoms with E-state index in [9.17, 15) is 0 Å². The second-order valence-corrected chi connectivity index (χ2v) is 9.28. The monoisotopic (exact) mass is 294 g/mol. The van der Waals surface area contributed by atoms with Gasteiger partial charge in [-0.2, -0.15) is 11.8 Å². The highest BCUT2D eigenvalue weighted by atomic mass is 32.2. The highest BCUT2D eigenvalue weighted by molar-refractivity contribution is 8.00. The fourth-order valence-corrected chi connectivity index (χ4v) is 2.86. The molecule has 1 unspecified atom stereocenters. The molecule has 1 atom stereocenters. The predicted molar refractivity (Wildman–Crippen MR) is 92.2 cm³/mol. The van der Waals surface area contributed by atoms with E-state index in [0.29, 0.717) is 6.04 Å². The molecule has 1 aromatic rings. The van der Waals surface area contributed by atoms with Gasteiger partial charge in [0.1, 0.15) is 0 Å². The Morgan fingerprint density at radius 3 is 2.00 bits per heavy atom. The van der Waals surface area contributed by atoms with Crippen LogP contribution in [0.1, 0.15) is 52.7 Å². The van der Waals surface area contributed by atoms with Gasteiger partial charge in [0.25, 0.3) is 0 Å². The van der Waals surface area contributed by atoms with Gasteiger partial charge in [0, 0.05) is 16.5 Å². The molecule has 2 nitrogen and oxygen atoms in total. The molecule has 0 heterocycles. The van der Waals surface area contributed by atoms with Crippen molar-refractivity contribution in [2.45, 2.75) is 64.2 Å². The van der Waals surface area contributed by atoms with Crippen LogP contribution in [0.25, 0.3) is 0 Å². The van der Waals surface area contributed by atoms with Gasteiger partial charge in [-0.05, 0) is 23.0 Å². The molecule has 0 radical (unpaired) electrons. The van der Waals surface area contributed by atoms with E-state index < -0.39 is 0 Å². The predicted octanol–water partition coefficient (Wildman–Crippen LogP) is 3.89. The molecule has 0 aliphatic heterocycles. The summed E-state index contributed by atoms with van der Waals surface area (Å²) in [5.41, 5.74) is 5.88. The number of rotatable bonds is 5. The second kappa shape index (κ2) is 6.97. The maximum atomic E-state index is 5.69. The summed E-state index contributed by atoms with van der Waals surface area (Å²) in [5.74, 6) is 6.71. The second-order valence-electron chi connectivity index (χ2n) is 7.44. The molecule has 0 saturated heterocycles. The molecule has 20 heavy (non-hydrogen) atoms. The van der Waals surface area contributed by atoms with Crippen molar-refractivity contribution in [1.82, 2.24) is 5.43 Å². The molecule has 0 aromatic heterocycles. The minimum absolute atomic E-state index is 0.214. The van der Waals surface area contributed by atoms with Crippen molar-refractivity contribution in [1.29, 1.82) is 0 Å². The molecule has 0 saturated carbocycles. The van der Waals surface area contributed by atoms with Crippen molar-refractivity contribution in [3.8, 4) is 0 Å². The quantitative estimate of drug-likeness (QED) is 0.639. The van der Waals surface area contributed by atoms with E-state index in [-0.39, 0.29) is 10.2 Å². The van der Waals surface area contributed by atoms with E-state index in [1.807, 2.05) is 11.8 Å². The molecule has 0 aliphatic carbocycles. The number of nitrogens with one attached hydrogen (secondary N) is 1. The van der Waals surface area contributed by atoms with Gasteiger partial charge in [-0.15, -0.1) is 0 Å². The third-order valence-electron chi connectivity index (χ3n) is 3.26. The SMILES string of the molecule is CC(C)(C)SCC(Cc1ccc(C(C)(C)C)cc1)NN. The van der Waals surface area contributed by atoms with Crippen molar-refractivity contribution in [2.24, 2.45) is 5.84 Å². The number of hydrogen-bond donors (Lipinski definition) is 2. The lowest BCUT2D eigenvalue weighted by Gasteiger charge is -2.23. The Bertz CT molecular complexity index is 398. The van der Waals surface area contributed by atoms with Crippen LogP contribution in [0.3, 0.4) is 0 Å². The maximum Gasteiger partial charge on any atom is 0.0341 e. The van der Waals surface area contributed by atoms with E-state index >= 15 is 0 Å². The summed E-state index contributed by atoms with van der Waals surface area (Å²) in [7, 11) is 0. The number of thioether (sulfide) groups is 1. The number of benzene rings is 1. The van der Waals surface area contributed by atoms with E-state index in [1.54, 1.807) is 0 Å². The average Bonchev–Trinajstić information content (AvgIpc) is 2.33. The van der Waals surface area contributed by atoms with Gasteiger partial charge in [0.05, 0.1) is 0 Å². The zero-order valence-electron chi connectivity index (χ0n) is 13.8. The summed E-state index contributed by atoms with van der Waals surface area (Å²) in [4.78, 5) is 0. The van der Waals surface area contributed by atoms with Crippen molar-refractivity contribution in [3.63, 3.8) is 0 Å². The van der Waals surface area contributed by atoms with Crippen LogP contribution in [0, 0.1) is 0 Å². The summed E-state index contributed by atoms with van der Waals surface area (Å²) >= 11 is 1.95. The van der Waals surface area contributed by atoms with Crippen LogP contribution in [0.15, 0.2) is 24.3 Å². The molecule has 1 aromatic carbocycles. The Morgan fingerprint density at radius 1 is 1.05 bits per heavy atom.